The molecule has 0 spiro atoms. The van der Waals surface area contributed by atoms with E-state index >= 15 is 0 Å². The Morgan fingerprint density at radius 3 is 2.43 bits per heavy atom. The van der Waals surface area contributed by atoms with Crippen LogP contribution in [0.4, 0.5) is 0 Å². The number of hydrogen-bond donors (Lipinski definition) is 1. The number of nitrogens with two attached hydrogens (primary N) is 1. The average Bonchev–Trinajstić information content (AvgIpc) is 2.79. The molecular formula is C15H22N2O3S. The smallest absolute Gasteiger partial charge is 0.243 e. The minimum atomic E-state index is -3.48. The molecule has 3 rings (SSSR count). The molecule has 2 heterocycles. The zero-order valence-corrected chi connectivity index (χ0v) is 13.3. The Kier molecular flexibility index (Phi) is 3.81. The molecule has 1 aromatic rings. The molecule has 2 saturated heterocycles. The molecule has 2 atom stereocenters. The molecule has 2 bridgehead atoms. The van der Waals surface area contributed by atoms with Gasteiger partial charge < -0.3 is 10.5 Å². The summed E-state index contributed by atoms with van der Waals surface area (Å²) in [4.78, 5) is 0.393. The topological polar surface area (TPSA) is 72.6 Å². The molecule has 5 nitrogen and oxygen atoms in total. The van der Waals surface area contributed by atoms with E-state index in [2.05, 4.69) is 0 Å². The van der Waals surface area contributed by atoms with Crippen molar-refractivity contribution in [2.75, 3.05) is 13.1 Å². The molecule has 0 radical (unpaired) electrons. The zero-order valence-electron chi connectivity index (χ0n) is 12.5. The number of sulfonamides is 1. The van der Waals surface area contributed by atoms with Crippen molar-refractivity contribution >= 4 is 10.0 Å². The summed E-state index contributed by atoms with van der Waals surface area (Å²) < 4.78 is 33.3. The van der Waals surface area contributed by atoms with Gasteiger partial charge in [0.2, 0.25) is 10.0 Å². The van der Waals surface area contributed by atoms with E-state index in [-0.39, 0.29) is 12.2 Å². The van der Waals surface area contributed by atoms with Crippen LogP contribution >= 0.6 is 0 Å². The lowest BCUT2D eigenvalue weighted by molar-refractivity contribution is -0.0114. The van der Waals surface area contributed by atoms with E-state index in [1.165, 1.54) is 0 Å². The molecule has 2 unspecified atom stereocenters. The molecule has 2 fully saturated rings. The van der Waals surface area contributed by atoms with Gasteiger partial charge in [-0.15, -0.1) is 0 Å². The second-order valence-corrected chi connectivity index (χ2v) is 7.93. The Morgan fingerprint density at radius 2 is 1.86 bits per heavy atom. The van der Waals surface area contributed by atoms with E-state index < -0.39 is 10.0 Å². The molecule has 0 aliphatic carbocycles. The second-order valence-electron chi connectivity index (χ2n) is 6.02. The maximum Gasteiger partial charge on any atom is 0.243 e. The predicted molar refractivity (Wildman–Crippen MR) is 80.5 cm³/mol. The first-order chi connectivity index (χ1) is 9.91. The summed E-state index contributed by atoms with van der Waals surface area (Å²) in [7, 11) is -3.48. The van der Waals surface area contributed by atoms with Crippen LogP contribution in [0.25, 0.3) is 0 Å². The highest BCUT2D eigenvalue weighted by atomic mass is 32.2. The SMILES string of the molecule is Cc1cc(CN)cc(S(=O)(=O)N2CC3CCC(C2)O3)c1C. The first-order valence-corrected chi connectivity index (χ1v) is 8.81. The van der Waals surface area contributed by atoms with Crippen LogP contribution in [-0.2, 0) is 21.3 Å². The first-order valence-electron chi connectivity index (χ1n) is 7.37. The average molecular weight is 310 g/mol. The Hall–Kier alpha value is -0.950. The van der Waals surface area contributed by atoms with Crippen molar-refractivity contribution in [2.24, 2.45) is 5.73 Å². The molecule has 0 amide bonds. The van der Waals surface area contributed by atoms with Gasteiger partial charge in [-0.1, -0.05) is 6.07 Å². The number of nitrogens with zero attached hydrogens (tertiary/aromatic N) is 1. The molecule has 0 aromatic heterocycles. The van der Waals surface area contributed by atoms with Crippen molar-refractivity contribution < 1.29 is 13.2 Å². The van der Waals surface area contributed by atoms with Crippen molar-refractivity contribution in [3.8, 4) is 0 Å². The molecule has 1 aromatic carbocycles. The predicted octanol–water partition coefficient (Wildman–Crippen LogP) is 1.31. The maximum atomic E-state index is 13.0. The van der Waals surface area contributed by atoms with Gasteiger partial charge in [-0.2, -0.15) is 4.31 Å². The van der Waals surface area contributed by atoms with Gasteiger partial charge in [-0.25, -0.2) is 8.42 Å². The molecule has 2 aliphatic rings. The molecule has 21 heavy (non-hydrogen) atoms. The second kappa shape index (κ2) is 5.35. The lowest BCUT2D eigenvalue weighted by Gasteiger charge is -2.31. The third kappa shape index (κ3) is 2.61. The molecule has 116 valence electrons. The monoisotopic (exact) mass is 310 g/mol. The summed E-state index contributed by atoms with van der Waals surface area (Å²) in [6.07, 6.45) is 2.02. The zero-order chi connectivity index (χ0) is 15.2. The normalized spacial score (nSPS) is 26.2. The van der Waals surface area contributed by atoms with E-state index in [1.54, 1.807) is 10.4 Å². The van der Waals surface area contributed by atoms with Gasteiger partial charge in [0.25, 0.3) is 0 Å². The van der Waals surface area contributed by atoms with Crippen LogP contribution in [0.5, 0.6) is 0 Å². The molecule has 2 N–H and O–H groups in total. The van der Waals surface area contributed by atoms with Gasteiger partial charge >= 0.3 is 0 Å². The largest absolute Gasteiger partial charge is 0.372 e. The van der Waals surface area contributed by atoms with E-state index in [0.717, 1.165) is 29.5 Å². The van der Waals surface area contributed by atoms with E-state index in [4.69, 9.17) is 10.5 Å². The highest BCUT2D eigenvalue weighted by molar-refractivity contribution is 7.89. The number of morpholine rings is 1. The van der Waals surface area contributed by atoms with Crippen molar-refractivity contribution in [1.82, 2.24) is 4.31 Å². The van der Waals surface area contributed by atoms with Crippen molar-refractivity contribution in [3.63, 3.8) is 0 Å². The Balaban J connectivity index is 2.00. The lowest BCUT2D eigenvalue weighted by atomic mass is 10.1. The Bertz CT molecular complexity index is 645. The summed E-state index contributed by atoms with van der Waals surface area (Å²) in [5.74, 6) is 0. The molecule has 2 aliphatic heterocycles. The minimum absolute atomic E-state index is 0.0534. The van der Waals surface area contributed by atoms with Crippen LogP contribution in [0, 0.1) is 13.8 Å². The summed E-state index contributed by atoms with van der Waals surface area (Å²) in [6.45, 7) is 5.06. The van der Waals surface area contributed by atoms with Crippen molar-refractivity contribution in [3.05, 3.63) is 28.8 Å². The third-order valence-electron chi connectivity index (χ3n) is 4.54. The summed E-state index contributed by atoms with van der Waals surface area (Å²) in [6, 6.07) is 3.67. The van der Waals surface area contributed by atoms with Gasteiger partial charge in [0, 0.05) is 19.6 Å². The lowest BCUT2D eigenvalue weighted by Crippen LogP contribution is -2.45. The Labute approximate surface area is 126 Å². The van der Waals surface area contributed by atoms with Crippen molar-refractivity contribution in [2.45, 2.75) is 50.3 Å². The fourth-order valence-electron chi connectivity index (χ4n) is 3.20. The van der Waals surface area contributed by atoms with Gasteiger partial charge in [-0.05, 0) is 49.4 Å². The molecule has 6 heteroatoms. The van der Waals surface area contributed by atoms with Gasteiger partial charge in [0.05, 0.1) is 17.1 Å². The highest BCUT2D eigenvalue weighted by Crippen LogP contribution is 2.31. The van der Waals surface area contributed by atoms with Crippen LogP contribution in [0.15, 0.2) is 17.0 Å². The van der Waals surface area contributed by atoms with Crippen LogP contribution in [0.1, 0.15) is 29.5 Å². The fraction of sp³-hybridized carbons (Fsp3) is 0.600. The Morgan fingerprint density at radius 1 is 1.24 bits per heavy atom. The number of ether oxygens (including phenoxy) is 1. The number of fused-ring (bicyclic) bond motifs is 2. The first kappa shape index (κ1) is 15.0. The maximum absolute atomic E-state index is 13.0. The van der Waals surface area contributed by atoms with Gasteiger partial charge in [0.1, 0.15) is 0 Å². The minimum Gasteiger partial charge on any atom is -0.372 e. The van der Waals surface area contributed by atoms with Gasteiger partial charge in [0.15, 0.2) is 0 Å². The van der Waals surface area contributed by atoms with Gasteiger partial charge in [-0.3, -0.25) is 0 Å². The highest BCUT2D eigenvalue weighted by Gasteiger charge is 2.39. The summed E-state index contributed by atoms with van der Waals surface area (Å²) in [5, 5.41) is 0. The quantitative estimate of drug-likeness (QED) is 0.914. The number of hydrogen-bond acceptors (Lipinski definition) is 4. The molecule has 0 saturated carbocycles. The number of benzene rings is 1. The molecular weight excluding hydrogens is 288 g/mol. The standard InChI is InChI=1S/C15H22N2O3S/c1-10-5-12(7-16)6-15(11(10)2)21(18,19)17-8-13-3-4-14(9-17)20-13/h5-6,13-14H,3-4,7-9,16H2,1-2H3. The third-order valence-corrected chi connectivity index (χ3v) is 6.50. The number of aryl methyl sites for hydroxylation is 1. The summed E-state index contributed by atoms with van der Waals surface area (Å²) in [5.41, 5.74) is 8.32. The van der Waals surface area contributed by atoms with Crippen LogP contribution in [0.2, 0.25) is 0 Å². The van der Waals surface area contributed by atoms with Crippen LogP contribution in [-0.4, -0.2) is 38.0 Å². The van der Waals surface area contributed by atoms with Crippen LogP contribution < -0.4 is 5.73 Å². The van der Waals surface area contributed by atoms with Crippen LogP contribution in [0.3, 0.4) is 0 Å². The summed E-state index contributed by atoms with van der Waals surface area (Å²) >= 11 is 0. The fourth-order valence-corrected chi connectivity index (χ4v) is 5.05. The van der Waals surface area contributed by atoms with E-state index in [1.807, 2.05) is 19.9 Å². The number of rotatable bonds is 3. The van der Waals surface area contributed by atoms with E-state index in [9.17, 15) is 8.42 Å². The van der Waals surface area contributed by atoms with E-state index in [0.29, 0.717) is 24.5 Å². The van der Waals surface area contributed by atoms with Crippen molar-refractivity contribution in [1.29, 1.82) is 0 Å².